The highest BCUT2D eigenvalue weighted by Crippen LogP contribution is 2.33. The summed E-state index contributed by atoms with van der Waals surface area (Å²) < 4.78 is 16.8. The van der Waals surface area contributed by atoms with Crippen LogP contribution in [-0.4, -0.2) is 18.0 Å². The van der Waals surface area contributed by atoms with Crippen LogP contribution in [0.5, 0.6) is 17.2 Å². The average molecular weight is 382 g/mol. The van der Waals surface area contributed by atoms with Crippen molar-refractivity contribution < 1.29 is 23.8 Å². The van der Waals surface area contributed by atoms with Crippen molar-refractivity contribution in [2.45, 2.75) is 58.5 Å². The van der Waals surface area contributed by atoms with Crippen LogP contribution < -0.4 is 9.47 Å². The molecule has 0 saturated carbocycles. The molecular weight excluding hydrogens is 356 g/mol. The molecule has 3 aliphatic rings. The van der Waals surface area contributed by atoms with Gasteiger partial charge in [-0.2, -0.15) is 0 Å². The highest BCUT2D eigenvalue weighted by Gasteiger charge is 2.14. The van der Waals surface area contributed by atoms with E-state index in [1.54, 1.807) is 0 Å². The molecule has 3 aliphatic heterocycles. The number of rotatable bonds is 2. The molecule has 0 spiro atoms. The Morgan fingerprint density at radius 3 is 2.36 bits per heavy atom. The Bertz CT molecular complexity index is 825. The number of carbonyl (C=O) groups excluding carboxylic acids is 2. The van der Waals surface area contributed by atoms with Gasteiger partial charge in [-0.3, -0.25) is 9.59 Å². The van der Waals surface area contributed by atoms with Crippen molar-refractivity contribution in [3.8, 4) is 17.2 Å². The van der Waals surface area contributed by atoms with E-state index < -0.39 is 0 Å². The molecule has 5 heteroatoms. The highest BCUT2D eigenvalue weighted by atomic mass is 16.6. The number of esters is 2. The smallest absolute Gasteiger partial charge is 0.308 e. The first kappa shape index (κ1) is 19.9. The Labute approximate surface area is 165 Å². The van der Waals surface area contributed by atoms with Crippen molar-refractivity contribution in [2.24, 2.45) is 0 Å². The molecule has 4 bridgehead atoms. The normalized spacial score (nSPS) is 17.0. The molecule has 0 radical (unpaired) electrons. The molecule has 148 valence electrons. The monoisotopic (exact) mass is 382 g/mol. The van der Waals surface area contributed by atoms with Gasteiger partial charge in [-0.15, -0.1) is 0 Å². The molecule has 0 amide bonds. The van der Waals surface area contributed by atoms with Gasteiger partial charge in [-0.05, 0) is 73.9 Å². The quantitative estimate of drug-likeness (QED) is 0.541. The summed E-state index contributed by atoms with van der Waals surface area (Å²) in [5.41, 5.74) is 2.24. The van der Waals surface area contributed by atoms with Crippen molar-refractivity contribution >= 4 is 11.9 Å². The topological polar surface area (TPSA) is 61.8 Å². The van der Waals surface area contributed by atoms with Crippen LogP contribution in [0.1, 0.15) is 50.7 Å². The number of benzene rings is 2. The lowest BCUT2D eigenvalue weighted by molar-refractivity contribution is -0.147. The van der Waals surface area contributed by atoms with E-state index >= 15 is 0 Å². The van der Waals surface area contributed by atoms with Crippen molar-refractivity contribution in [1.29, 1.82) is 0 Å². The van der Waals surface area contributed by atoms with Crippen LogP contribution in [0, 0.1) is 0 Å². The lowest BCUT2D eigenvalue weighted by Crippen LogP contribution is -2.17. The molecule has 0 N–H and O–H groups in total. The van der Waals surface area contributed by atoms with E-state index in [4.69, 9.17) is 14.2 Å². The molecule has 1 unspecified atom stereocenters. The minimum Gasteiger partial charge on any atom is -0.463 e. The lowest BCUT2D eigenvalue weighted by atomic mass is 10.0. The Morgan fingerprint density at radius 1 is 0.893 bits per heavy atom. The van der Waals surface area contributed by atoms with Gasteiger partial charge in [0.15, 0.2) is 11.5 Å². The van der Waals surface area contributed by atoms with E-state index in [9.17, 15) is 9.59 Å². The zero-order chi connectivity index (χ0) is 19.9. The van der Waals surface area contributed by atoms with Crippen LogP contribution in [0.3, 0.4) is 0 Å². The first-order valence-electron chi connectivity index (χ1n) is 9.75. The minimum atomic E-state index is -0.379. The van der Waals surface area contributed by atoms with Crippen LogP contribution >= 0.6 is 0 Å². The van der Waals surface area contributed by atoms with Crippen LogP contribution in [0.4, 0.5) is 0 Å². The fraction of sp³-hybridized carbons (Fsp3) is 0.391. The maximum Gasteiger partial charge on any atom is 0.308 e. The number of carbonyl (C=O) groups is 2. The van der Waals surface area contributed by atoms with Gasteiger partial charge in [0.1, 0.15) is 11.9 Å². The second kappa shape index (κ2) is 9.40. The lowest BCUT2D eigenvalue weighted by Gasteiger charge is -2.18. The van der Waals surface area contributed by atoms with Gasteiger partial charge < -0.3 is 14.2 Å². The number of hydrogen-bond acceptors (Lipinski definition) is 5. The van der Waals surface area contributed by atoms with Gasteiger partial charge in [0.25, 0.3) is 0 Å². The molecule has 3 heterocycles. The minimum absolute atomic E-state index is 0.0692. The Morgan fingerprint density at radius 2 is 1.64 bits per heavy atom. The summed E-state index contributed by atoms with van der Waals surface area (Å²) in [6.07, 6.45) is 5.20. The zero-order valence-corrected chi connectivity index (χ0v) is 16.4. The first-order chi connectivity index (χ1) is 13.5. The van der Waals surface area contributed by atoms with Crippen molar-refractivity contribution in [1.82, 2.24) is 0 Å². The van der Waals surface area contributed by atoms with Gasteiger partial charge in [0, 0.05) is 13.8 Å². The molecule has 5 rings (SSSR count). The summed E-state index contributed by atoms with van der Waals surface area (Å²) in [5.74, 6) is 1.02. The highest BCUT2D eigenvalue weighted by molar-refractivity contribution is 5.70. The predicted molar refractivity (Wildman–Crippen MR) is 106 cm³/mol. The van der Waals surface area contributed by atoms with E-state index in [0.717, 1.165) is 49.7 Å². The van der Waals surface area contributed by atoms with Gasteiger partial charge >= 0.3 is 11.9 Å². The van der Waals surface area contributed by atoms with Crippen LogP contribution in [0.2, 0.25) is 0 Å². The third kappa shape index (κ3) is 5.84. The first-order valence-corrected chi connectivity index (χ1v) is 9.75. The molecule has 28 heavy (non-hydrogen) atoms. The summed E-state index contributed by atoms with van der Waals surface area (Å²) in [6, 6.07) is 13.5. The number of aryl methyl sites for hydroxylation is 2. The van der Waals surface area contributed by atoms with Gasteiger partial charge in [-0.1, -0.05) is 18.2 Å². The van der Waals surface area contributed by atoms with Crippen molar-refractivity contribution in [3.63, 3.8) is 0 Å². The molecule has 2 aromatic carbocycles. The van der Waals surface area contributed by atoms with E-state index in [2.05, 4.69) is 0 Å². The largest absolute Gasteiger partial charge is 0.463 e. The van der Waals surface area contributed by atoms with Crippen molar-refractivity contribution in [3.05, 3.63) is 53.6 Å². The molecule has 1 atom stereocenters. The second-order valence-electron chi connectivity index (χ2n) is 7.14. The maximum absolute atomic E-state index is 11.5. The Kier molecular flexibility index (Phi) is 6.69. The van der Waals surface area contributed by atoms with Crippen LogP contribution in [0.15, 0.2) is 42.5 Å². The van der Waals surface area contributed by atoms with E-state index in [0.29, 0.717) is 17.2 Å². The van der Waals surface area contributed by atoms with Gasteiger partial charge in [0.05, 0.1) is 0 Å². The van der Waals surface area contributed by atoms with E-state index in [-0.39, 0.29) is 18.0 Å². The molecular formula is C23H26O5. The number of ether oxygens (including phenoxy) is 3. The second-order valence-corrected chi connectivity index (χ2v) is 7.14. The summed E-state index contributed by atoms with van der Waals surface area (Å²) in [4.78, 5) is 22.9. The fourth-order valence-corrected chi connectivity index (χ4v) is 3.40. The number of fused-ring (bicyclic) bond motifs is 2. The van der Waals surface area contributed by atoms with E-state index in [1.165, 1.54) is 13.8 Å². The Balaban J connectivity index is 1.86. The molecule has 0 aromatic heterocycles. The zero-order valence-electron chi connectivity index (χ0n) is 16.4. The maximum atomic E-state index is 11.5. The van der Waals surface area contributed by atoms with Crippen LogP contribution in [0.25, 0.3) is 0 Å². The van der Waals surface area contributed by atoms with Gasteiger partial charge in [0.2, 0.25) is 0 Å². The Hall–Kier alpha value is -2.82. The molecule has 0 aliphatic carbocycles. The molecule has 2 aromatic rings. The van der Waals surface area contributed by atoms with Crippen molar-refractivity contribution in [2.75, 3.05) is 0 Å². The third-order valence-electron chi connectivity index (χ3n) is 4.74. The summed E-state index contributed by atoms with van der Waals surface area (Å²) >= 11 is 0. The van der Waals surface area contributed by atoms with Crippen LogP contribution in [-0.2, 0) is 27.2 Å². The fourth-order valence-electron chi connectivity index (χ4n) is 3.40. The standard InChI is InChI=1S/C23H26O5/c1-16(24)26-20-6-4-3-5-19-10-14-22(23(15-19)27-17(2)25)28-21-12-8-18(7-11-20)9-13-21/h8-10,12-15,20H,3-7,11H2,1-2H3. The summed E-state index contributed by atoms with van der Waals surface area (Å²) in [7, 11) is 0. The summed E-state index contributed by atoms with van der Waals surface area (Å²) in [5, 5.41) is 0. The molecule has 0 saturated heterocycles. The van der Waals surface area contributed by atoms with Gasteiger partial charge in [-0.25, -0.2) is 0 Å². The number of hydrogen-bond donors (Lipinski definition) is 0. The van der Waals surface area contributed by atoms with E-state index in [1.807, 2.05) is 42.5 Å². The average Bonchev–Trinajstić information content (AvgIpc) is 2.64. The summed E-state index contributed by atoms with van der Waals surface area (Å²) in [6.45, 7) is 2.84. The predicted octanol–water partition coefficient (Wildman–Crippen LogP) is 4.99. The SMILES string of the molecule is CC(=O)Oc1cc2ccc1Oc1ccc(cc1)CCC(OC(C)=O)CCCC2. The third-order valence-corrected chi connectivity index (χ3v) is 4.74. The molecule has 0 fully saturated rings. The molecule has 5 nitrogen and oxygen atoms in total.